The van der Waals surface area contributed by atoms with Crippen LogP contribution in [0.4, 0.5) is 0 Å². The Morgan fingerprint density at radius 2 is 1.27 bits per heavy atom. The standard InChI is InChI=1S/C28H22O2/c29-28(21-14-16-23(17-15-21)30-19-20-8-2-1-3-9-20)27-18-22-10-4-5-11-24(22)25-12-6-7-13-26(25)27/h1-18,28-29H,19H2. The van der Waals surface area contributed by atoms with Crippen LogP contribution in [-0.2, 0) is 6.61 Å². The van der Waals surface area contributed by atoms with Gasteiger partial charge >= 0.3 is 0 Å². The Hall–Kier alpha value is -3.62. The summed E-state index contributed by atoms with van der Waals surface area (Å²) in [7, 11) is 0. The molecule has 0 radical (unpaired) electrons. The van der Waals surface area contributed by atoms with Crippen molar-refractivity contribution in [3.8, 4) is 5.75 Å². The molecule has 1 atom stereocenters. The third-order valence-electron chi connectivity index (χ3n) is 5.54. The van der Waals surface area contributed by atoms with Crippen LogP contribution in [0.2, 0.25) is 0 Å². The van der Waals surface area contributed by atoms with Gasteiger partial charge < -0.3 is 9.84 Å². The monoisotopic (exact) mass is 390 g/mol. The molecule has 0 aliphatic carbocycles. The van der Waals surface area contributed by atoms with Gasteiger partial charge in [-0.05, 0) is 56.4 Å². The van der Waals surface area contributed by atoms with Gasteiger partial charge in [-0.15, -0.1) is 0 Å². The van der Waals surface area contributed by atoms with Crippen molar-refractivity contribution in [2.75, 3.05) is 0 Å². The van der Waals surface area contributed by atoms with Crippen LogP contribution in [-0.4, -0.2) is 5.11 Å². The first kappa shape index (κ1) is 18.4. The number of aliphatic hydroxyl groups excluding tert-OH is 1. The number of ether oxygens (including phenoxy) is 1. The molecule has 0 aliphatic rings. The Morgan fingerprint density at radius 1 is 0.633 bits per heavy atom. The normalized spacial score (nSPS) is 12.2. The maximum Gasteiger partial charge on any atom is 0.119 e. The number of hydrogen-bond acceptors (Lipinski definition) is 2. The smallest absolute Gasteiger partial charge is 0.119 e. The van der Waals surface area contributed by atoms with Gasteiger partial charge in [0.1, 0.15) is 18.5 Å². The minimum atomic E-state index is -0.706. The van der Waals surface area contributed by atoms with Crippen LogP contribution >= 0.6 is 0 Å². The molecule has 0 amide bonds. The molecule has 0 fully saturated rings. The molecule has 0 saturated heterocycles. The van der Waals surface area contributed by atoms with Gasteiger partial charge in [0.25, 0.3) is 0 Å². The highest BCUT2D eigenvalue weighted by Crippen LogP contribution is 2.34. The van der Waals surface area contributed by atoms with Crippen LogP contribution in [0.3, 0.4) is 0 Å². The van der Waals surface area contributed by atoms with Crippen LogP contribution in [0.1, 0.15) is 22.8 Å². The van der Waals surface area contributed by atoms with Crippen molar-refractivity contribution in [1.82, 2.24) is 0 Å². The largest absolute Gasteiger partial charge is 0.489 e. The van der Waals surface area contributed by atoms with E-state index in [9.17, 15) is 5.11 Å². The number of hydrogen-bond donors (Lipinski definition) is 1. The highest BCUT2D eigenvalue weighted by molar-refractivity contribution is 6.09. The Bertz CT molecular complexity index is 1290. The van der Waals surface area contributed by atoms with Gasteiger partial charge in [-0.1, -0.05) is 91.0 Å². The summed E-state index contributed by atoms with van der Waals surface area (Å²) in [6, 6.07) is 36.5. The van der Waals surface area contributed by atoms with E-state index < -0.39 is 6.10 Å². The first-order valence-corrected chi connectivity index (χ1v) is 10.1. The predicted molar refractivity (Wildman–Crippen MR) is 123 cm³/mol. The van der Waals surface area contributed by atoms with E-state index in [1.165, 1.54) is 5.39 Å². The summed E-state index contributed by atoms with van der Waals surface area (Å²) in [5.41, 5.74) is 2.90. The van der Waals surface area contributed by atoms with Crippen LogP contribution in [0.15, 0.2) is 109 Å². The Morgan fingerprint density at radius 3 is 2.03 bits per heavy atom. The SMILES string of the molecule is OC(c1ccc(OCc2ccccc2)cc1)c1cc2ccccc2c2ccccc12. The second kappa shape index (κ2) is 8.02. The lowest BCUT2D eigenvalue weighted by Crippen LogP contribution is -2.01. The molecule has 0 saturated carbocycles. The summed E-state index contributed by atoms with van der Waals surface area (Å²) in [6.07, 6.45) is -0.706. The molecule has 2 heteroatoms. The van der Waals surface area contributed by atoms with E-state index in [1.54, 1.807) is 0 Å². The van der Waals surface area contributed by atoms with Crippen molar-refractivity contribution in [3.63, 3.8) is 0 Å². The number of fused-ring (bicyclic) bond motifs is 3. The van der Waals surface area contributed by atoms with E-state index in [-0.39, 0.29) is 0 Å². The molecule has 5 aromatic carbocycles. The molecule has 0 bridgehead atoms. The fourth-order valence-corrected chi connectivity index (χ4v) is 3.98. The lowest BCUT2D eigenvalue weighted by atomic mass is 9.92. The lowest BCUT2D eigenvalue weighted by Gasteiger charge is -2.17. The number of rotatable bonds is 5. The second-order valence-electron chi connectivity index (χ2n) is 7.48. The quantitative estimate of drug-likeness (QED) is 0.340. The third-order valence-corrected chi connectivity index (χ3v) is 5.54. The fourth-order valence-electron chi connectivity index (χ4n) is 3.98. The Balaban J connectivity index is 1.45. The molecule has 0 spiro atoms. The summed E-state index contributed by atoms with van der Waals surface area (Å²) in [4.78, 5) is 0. The average molecular weight is 390 g/mol. The van der Waals surface area contributed by atoms with Crippen molar-refractivity contribution in [1.29, 1.82) is 0 Å². The molecular weight excluding hydrogens is 368 g/mol. The zero-order valence-electron chi connectivity index (χ0n) is 16.5. The van der Waals surface area contributed by atoms with Gasteiger partial charge in [0, 0.05) is 0 Å². The molecule has 1 N–H and O–H groups in total. The molecule has 146 valence electrons. The van der Waals surface area contributed by atoms with E-state index in [4.69, 9.17) is 4.74 Å². The van der Waals surface area contributed by atoms with Crippen molar-refractivity contribution in [2.45, 2.75) is 12.7 Å². The molecule has 0 aromatic heterocycles. The van der Waals surface area contributed by atoms with Gasteiger partial charge in [0.15, 0.2) is 0 Å². The van der Waals surface area contributed by atoms with Crippen molar-refractivity contribution in [2.24, 2.45) is 0 Å². The third kappa shape index (κ3) is 3.54. The van der Waals surface area contributed by atoms with Gasteiger partial charge in [0.2, 0.25) is 0 Å². The summed E-state index contributed by atoms with van der Waals surface area (Å²) < 4.78 is 5.88. The molecule has 0 heterocycles. The molecule has 30 heavy (non-hydrogen) atoms. The van der Waals surface area contributed by atoms with E-state index in [0.717, 1.165) is 38.6 Å². The zero-order valence-corrected chi connectivity index (χ0v) is 16.5. The Kier molecular flexibility index (Phi) is 4.92. The molecule has 1 unspecified atom stereocenters. The van der Waals surface area contributed by atoms with E-state index in [1.807, 2.05) is 72.8 Å². The molecule has 5 aromatic rings. The molecule has 5 rings (SSSR count). The highest BCUT2D eigenvalue weighted by atomic mass is 16.5. The second-order valence-corrected chi connectivity index (χ2v) is 7.48. The van der Waals surface area contributed by atoms with E-state index >= 15 is 0 Å². The molecule has 0 aliphatic heterocycles. The summed E-state index contributed by atoms with van der Waals surface area (Å²) in [5.74, 6) is 0.790. The lowest BCUT2D eigenvalue weighted by molar-refractivity contribution is 0.221. The summed E-state index contributed by atoms with van der Waals surface area (Å²) in [5, 5.41) is 15.8. The van der Waals surface area contributed by atoms with Gasteiger partial charge in [0.05, 0.1) is 0 Å². The topological polar surface area (TPSA) is 29.5 Å². The van der Waals surface area contributed by atoms with Crippen LogP contribution in [0, 0.1) is 0 Å². The zero-order chi connectivity index (χ0) is 20.3. The fraction of sp³-hybridized carbons (Fsp3) is 0.0714. The maximum atomic E-state index is 11.2. The van der Waals surface area contributed by atoms with E-state index in [0.29, 0.717) is 6.61 Å². The van der Waals surface area contributed by atoms with Crippen LogP contribution < -0.4 is 4.74 Å². The van der Waals surface area contributed by atoms with Crippen molar-refractivity contribution in [3.05, 3.63) is 126 Å². The maximum absolute atomic E-state index is 11.2. The average Bonchev–Trinajstić information content (AvgIpc) is 2.83. The first-order valence-electron chi connectivity index (χ1n) is 10.1. The summed E-state index contributed by atoms with van der Waals surface area (Å²) >= 11 is 0. The van der Waals surface area contributed by atoms with E-state index in [2.05, 4.69) is 36.4 Å². The van der Waals surface area contributed by atoms with Crippen molar-refractivity contribution >= 4 is 21.5 Å². The van der Waals surface area contributed by atoms with Gasteiger partial charge in [-0.2, -0.15) is 0 Å². The van der Waals surface area contributed by atoms with Crippen LogP contribution in [0.5, 0.6) is 5.75 Å². The Labute approximate surface area is 176 Å². The molecular formula is C28H22O2. The number of benzene rings is 5. The molecule has 2 nitrogen and oxygen atoms in total. The van der Waals surface area contributed by atoms with Crippen LogP contribution in [0.25, 0.3) is 21.5 Å². The summed E-state index contributed by atoms with van der Waals surface area (Å²) in [6.45, 7) is 0.526. The first-order chi connectivity index (χ1) is 14.8. The predicted octanol–water partition coefficient (Wildman–Crippen LogP) is 6.65. The van der Waals surface area contributed by atoms with Gasteiger partial charge in [-0.3, -0.25) is 0 Å². The minimum absolute atomic E-state index is 0.526. The minimum Gasteiger partial charge on any atom is -0.489 e. The van der Waals surface area contributed by atoms with Gasteiger partial charge in [-0.25, -0.2) is 0 Å². The number of aliphatic hydroxyl groups is 1. The van der Waals surface area contributed by atoms with Crippen molar-refractivity contribution < 1.29 is 9.84 Å². The highest BCUT2D eigenvalue weighted by Gasteiger charge is 2.15.